The van der Waals surface area contributed by atoms with Gasteiger partial charge in [-0.3, -0.25) is 4.79 Å². The molecule has 1 amide bonds. The third kappa shape index (κ3) is 3.49. The molecule has 0 bridgehead atoms. The molecular formula is C11H13Br2NO2. The molecule has 0 aliphatic carbocycles. The van der Waals surface area contributed by atoms with Crippen LogP contribution in [0.1, 0.15) is 23.7 Å². The number of nitrogens with one attached hydrogen (secondary N) is 1. The molecule has 3 nitrogen and oxygen atoms in total. The number of benzene rings is 1. The zero-order chi connectivity index (χ0) is 12.1. The molecule has 0 radical (unpaired) electrons. The van der Waals surface area contributed by atoms with Gasteiger partial charge in [-0.25, -0.2) is 0 Å². The molecule has 88 valence electrons. The van der Waals surface area contributed by atoms with E-state index in [2.05, 4.69) is 37.2 Å². The lowest BCUT2D eigenvalue weighted by Crippen LogP contribution is -2.35. The molecule has 2 N–H and O–H groups in total. The zero-order valence-electron chi connectivity index (χ0n) is 8.84. The van der Waals surface area contributed by atoms with Crippen molar-refractivity contribution in [3.8, 4) is 5.75 Å². The van der Waals surface area contributed by atoms with Gasteiger partial charge in [-0.1, -0.05) is 22.9 Å². The molecule has 16 heavy (non-hydrogen) atoms. The van der Waals surface area contributed by atoms with E-state index in [4.69, 9.17) is 0 Å². The molecule has 0 saturated carbocycles. The molecule has 0 aliphatic heterocycles. The number of hydrogen-bond donors (Lipinski definition) is 2. The average molecular weight is 351 g/mol. The normalized spacial score (nSPS) is 12.2. The van der Waals surface area contributed by atoms with Crippen LogP contribution in [0.4, 0.5) is 0 Å². The van der Waals surface area contributed by atoms with Crippen molar-refractivity contribution in [1.29, 1.82) is 0 Å². The number of alkyl halides is 1. The number of rotatable bonds is 4. The molecule has 0 saturated heterocycles. The minimum atomic E-state index is -0.172. The first-order valence-electron chi connectivity index (χ1n) is 4.93. The van der Waals surface area contributed by atoms with E-state index in [0.29, 0.717) is 10.0 Å². The highest BCUT2D eigenvalue weighted by Gasteiger charge is 2.12. The van der Waals surface area contributed by atoms with Gasteiger partial charge in [0.25, 0.3) is 5.91 Å². The molecular weight excluding hydrogens is 338 g/mol. The van der Waals surface area contributed by atoms with Crippen LogP contribution in [0, 0.1) is 0 Å². The quantitative estimate of drug-likeness (QED) is 0.820. The molecule has 0 fully saturated rings. The lowest BCUT2D eigenvalue weighted by atomic mass is 10.2. The second-order valence-electron chi connectivity index (χ2n) is 3.40. The molecule has 1 rings (SSSR count). The number of aromatic hydroxyl groups is 1. The molecule has 0 aliphatic rings. The number of hydrogen-bond acceptors (Lipinski definition) is 2. The van der Waals surface area contributed by atoms with Crippen LogP contribution in [-0.4, -0.2) is 22.4 Å². The van der Waals surface area contributed by atoms with Crippen LogP contribution < -0.4 is 5.32 Å². The summed E-state index contributed by atoms with van der Waals surface area (Å²) in [5.74, 6) is -0.103. The molecule has 1 atom stereocenters. The standard InChI is InChI=1S/C11H13Br2NO2/c1-2-8(6-12)14-11(16)7-3-4-9(13)10(15)5-7/h3-5,8,15H,2,6H2,1H3,(H,14,16). The van der Waals surface area contributed by atoms with Crippen LogP contribution in [-0.2, 0) is 0 Å². The summed E-state index contributed by atoms with van der Waals surface area (Å²) in [5.41, 5.74) is 0.458. The van der Waals surface area contributed by atoms with Crippen molar-refractivity contribution in [1.82, 2.24) is 5.32 Å². The van der Waals surface area contributed by atoms with Crippen molar-refractivity contribution in [2.45, 2.75) is 19.4 Å². The highest BCUT2D eigenvalue weighted by Crippen LogP contribution is 2.24. The number of phenols is 1. The first-order chi connectivity index (χ1) is 7.58. The van der Waals surface area contributed by atoms with Gasteiger partial charge in [-0.2, -0.15) is 0 Å². The van der Waals surface area contributed by atoms with Gasteiger partial charge < -0.3 is 10.4 Å². The monoisotopic (exact) mass is 349 g/mol. The van der Waals surface area contributed by atoms with Crippen molar-refractivity contribution < 1.29 is 9.90 Å². The first kappa shape index (κ1) is 13.5. The maximum atomic E-state index is 11.8. The average Bonchev–Trinajstić information content (AvgIpc) is 2.29. The van der Waals surface area contributed by atoms with Crippen LogP contribution in [0.5, 0.6) is 5.75 Å². The SMILES string of the molecule is CCC(CBr)NC(=O)c1ccc(Br)c(O)c1. The summed E-state index contributed by atoms with van der Waals surface area (Å²) >= 11 is 6.50. The first-order valence-corrected chi connectivity index (χ1v) is 6.85. The highest BCUT2D eigenvalue weighted by molar-refractivity contribution is 9.10. The van der Waals surface area contributed by atoms with Crippen LogP contribution in [0.15, 0.2) is 22.7 Å². The Hall–Kier alpha value is -0.550. The van der Waals surface area contributed by atoms with Gasteiger partial charge in [-0.05, 0) is 40.5 Å². The maximum Gasteiger partial charge on any atom is 0.251 e. The van der Waals surface area contributed by atoms with Gasteiger partial charge in [0.2, 0.25) is 0 Å². The third-order valence-corrected chi connectivity index (χ3v) is 3.67. The Balaban J connectivity index is 2.76. The summed E-state index contributed by atoms with van der Waals surface area (Å²) in [5, 5.41) is 13.0. The largest absolute Gasteiger partial charge is 0.507 e. The summed E-state index contributed by atoms with van der Waals surface area (Å²) in [4.78, 5) is 11.8. The highest BCUT2D eigenvalue weighted by atomic mass is 79.9. The van der Waals surface area contributed by atoms with Gasteiger partial charge in [0.05, 0.1) is 4.47 Å². The van der Waals surface area contributed by atoms with Crippen molar-refractivity contribution in [2.24, 2.45) is 0 Å². The predicted molar refractivity (Wildman–Crippen MR) is 71.1 cm³/mol. The Bertz CT molecular complexity index is 378. The van der Waals surface area contributed by atoms with Crippen molar-refractivity contribution in [2.75, 3.05) is 5.33 Å². The van der Waals surface area contributed by atoms with Gasteiger partial charge in [0.15, 0.2) is 0 Å². The fraction of sp³-hybridized carbons (Fsp3) is 0.364. The van der Waals surface area contributed by atoms with Crippen molar-refractivity contribution >= 4 is 37.8 Å². The van der Waals surface area contributed by atoms with Crippen LogP contribution in [0.25, 0.3) is 0 Å². The Kier molecular flexibility index (Phi) is 5.28. The van der Waals surface area contributed by atoms with E-state index in [9.17, 15) is 9.90 Å². The lowest BCUT2D eigenvalue weighted by molar-refractivity contribution is 0.0940. The number of carbonyl (C=O) groups is 1. The van der Waals surface area contributed by atoms with Crippen molar-refractivity contribution in [3.63, 3.8) is 0 Å². The Labute approximate surface area is 111 Å². The minimum Gasteiger partial charge on any atom is -0.507 e. The smallest absolute Gasteiger partial charge is 0.251 e. The van der Waals surface area contributed by atoms with E-state index in [1.54, 1.807) is 12.1 Å². The summed E-state index contributed by atoms with van der Waals surface area (Å²) in [7, 11) is 0. The maximum absolute atomic E-state index is 11.8. The third-order valence-electron chi connectivity index (χ3n) is 2.22. The van der Waals surface area contributed by atoms with Gasteiger partial charge in [-0.15, -0.1) is 0 Å². The Morgan fingerprint density at radius 2 is 2.25 bits per heavy atom. The molecule has 1 aromatic carbocycles. The summed E-state index contributed by atoms with van der Waals surface area (Å²) in [6.07, 6.45) is 0.861. The Morgan fingerprint density at radius 3 is 2.75 bits per heavy atom. The van der Waals surface area contributed by atoms with E-state index in [1.165, 1.54) is 6.07 Å². The molecule has 0 heterocycles. The van der Waals surface area contributed by atoms with E-state index < -0.39 is 0 Å². The van der Waals surface area contributed by atoms with E-state index in [1.807, 2.05) is 6.92 Å². The topological polar surface area (TPSA) is 49.3 Å². The van der Waals surface area contributed by atoms with Gasteiger partial charge in [0.1, 0.15) is 5.75 Å². The molecule has 0 spiro atoms. The number of carbonyl (C=O) groups excluding carboxylic acids is 1. The van der Waals surface area contributed by atoms with E-state index in [0.717, 1.165) is 11.8 Å². The fourth-order valence-corrected chi connectivity index (χ4v) is 2.04. The van der Waals surface area contributed by atoms with Crippen LogP contribution in [0.2, 0.25) is 0 Å². The number of phenolic OH excluding ortho intramolecular Hbond substituents is 1. The molecule has 1 aromatic rings. The van der Waals surface area contributed by atoms with E-state index in [-0.39, 0.29) is 17.7 Å². The number of amides is 1. The number of halogens is 2. The van der Waals surface area contributed by atoms with Gasteiger partial charge >= 0.3 is 0 Å². The van der Waals surface area contributed by atoms with Gasteiger partial charge in [0, 0.05) is 16.9 Å². The molecule has 5 heteroatoms. The predicted octanol–water partition coefficient (Wildman–Crippen LogP) is 3.06. The summed E-state index contributed by atoms with van der Waals surface area (Å²) in [6, 6.07) is 4.87. The van der Waals surface area contributed by atoms with Crippen LogP contribution in [0.3, 0.4) is 0 Å². The summed E-state index contributed by atoms with van der Waals surface area (Å²) in [6.45, 7) is 2.01. The molecule has 1 unspecified atom stereocenters. The van der Waals surface area contributed by atoms with Crippen molar-refractivity contribution in [3.05, 3.63) is 28.2 Å². The van der Waals surface area contributed by atoms with E-state index >= 15 is 0 Å². The summed E-state index contributed by atoms with van der Waals surface area (Å²) < 4.78 is 0.580. The lowest BCUT2D eigenvalue weighted by Gasteiger charge is -2.14. The Morgan fingerprint density at radius 1 is 1.56 bits per heavy atom. The fourth-order valence-electron chi connectivity index (χ4n) is 1.17. The second-order valence-corrected chi connectivity index (χ2v) is 4.90. The molecule has 0 aromatic heterocycles. The second kappa shape index (κ2) is 6.25. The minimum absolute atomic E-state index is 0.0690. The zero-order valence-corrected chi connectivity index (χ0v) is 12.0. The van der Waals surface area contributed by atoms with Crippen LogP contribution >= 0.6 is 31.9 Å².